The zero-order valence-electron chi connectivity index (χ0n) is 21.3. The van der Waals surface area contributed by atoms with Gasteiger partial charge >= 0.3 is 6.09 Å². The van der Waals surface area contributed by atoms with Crippen molar-refractivity contribution in [2.75, 3.05) is 13.1 Å². The van der Waals surface area contributed by atoms with Crippen LogP contribution in [0.3, 0.4) is 0 Å². The van der Waals surface area contributed by atoms with Crippen LogP contribution in [-0.2, 0) is 14.3 Å². The molecule has 2 atom stereocenters. The summed E-state index contributed by atoms with van der Waals surface area (Å²) in [6.07, 6.45) is 3.83. The van der Waals surface area contributed by atoms with Crippen LogP contribution in [0.15, 0.2) is 30.9 Å². The van der Waals surface area contributed by atoms with Gasteiger partial charge in [0.2, 0.25) is 11.8 Å². The molecule has 0 aliphatic rings. The summed E-state index contributed by atoms with van der Waals surface area (Å²) in [5, 5.41) is 5.56. The van der Waals surface area contributed by atoms with Crippen molar-refractivity contribution in [1.82, 2.24) is 15.5 Å². The van der Waals surface area contributed by atoms with Crippen molar-refractivity contribution in [3.8, 4) is 0 Å². The van der Waals surface area contributed by atoms with Crippen molar-refractivity contribution in [2.24, 2.45) is 0 Å². The lowest BCUT2D eigenvalue weighted by Gasteiger charge is -2.33. The lowest BCUT2D eigenvalue weighted by Crippen LogP contribution is -2.52. The zero-order chi connectivity index (χ0) is 25.2. The summed E-state index contributed by atoms with van der Waals surface area (Å²) < 4.78 is 5.28. The van der Waals surface area contributed by atoms with E-state index in [1.54, 1.807) is 33.8 Å². The molecular weight excluding hydrogens is 418 g/mol. The lowest BCUT2D eigenvalue weighted by atomic mass is 9.98. The molecule has 1 aromatic carbocycles. The van der Waals surface area contributed by atoms with Crippen molar-refractivity contribution in [2.45, 2.75) is 85.4 Å². The molecule has 0 aromatic heterocycles. The van der Waals surface area contributed by atoms with Crippen molar-refractivity contribution in [1.29, 1.82) is 0 Å². The molecule has 7 heteroatoms. The molecule has 0 fully saturated rings. The largest absolute Gasteiger partial charge is 0.444 e. The Morgan fingerprint density at radius 3 is 2.24 bits per heavy atom. The number of carbonyl (C=O) groups is 3. The molecule has 1 aromatic rings. The second kappa shape index (κ2) is 13.0. The summed E-state index contributed by atoms with van der Waals surface area (Å²) in [5.41, 5.74) is 2.03. The minimum Gasteiger partial charge on any atom is -0.444 e. The third kappa shape index (κ3) is 9.68. The van der Waals surface area contributed by atoms with Gasteiger partial charge in [-0.05, 0) is 53.5 Å². The number of ether oxygens (including phenoxy) is 1. The smallest absolute Gasteiger partial charge is 0.408 e. The summed E-state index contributed by atoms with van der Waals surface area (Å²) >= 11 is 0. The maximum atomic E-state index is 13.4. The summed E-state index contributed by atoms with van der Waals surface area (Å²) in [6, 6.07) is 4.11. The van der Waals surface area contributed by atoms with Crippen molar-refractivity contribution in [3.05, 3.63) is 47.5 Å². The molecule has 2 unspecified atom stereocenters. The average Bonchev–Trinajstić information content (AvgIpc) is 2.68. The molecule has 7 nitrogen and oxygen atoms in total. The highest BCUT2D eigenvalue weighted by atomic mass is 16.6. The third-order valence-electron chi connectivity index (χ3n) is 4.91. The van der Waals surface area contributed by atoms with Crippen LogP contribution in [0.1, 0.15) is 76.6 Å². The number of rotatable bonds is 11. The van der Waals surface area contributed by atoms with Gasteiger partial charge in [0, 0.05) is 13.1 Å². The molecule has 0 bridgehead atoms. The van der Waals surface area contributed by atoms with E-state index < -0.39 is 29.7 Å². The number of hydrogen-bond acceptors (Lipinski definition) is 4. The first-order valence-electron chi connectivity index (χ1n) is 11.7. The van der Waals surface area contributed by atoms with Gasteiger partial charge in [-0.25, -0.2) is 4.79 Å². The van der Waals surface area contributed by atoms with E-state index in [1.165, 1.54) is 4.90 Å². The van der Waals surface area contributed by atoms with E-state index in [2.05, 4.69) is 24.1 Å². The Balaban J connectivity index is 3.24. The van der Waals surface area contributed by atoms with E-state index in [9.17, 15) is 14.4 Å². The Bertz CT molecular complexity index is 809. The van der Waals surface area contributed by atoms with Crippen LogP contribution in [0.25, 0.3) is 0 Å². The first kappa shape index (κ1) is 28.2. The van der Waals surface area contributed by atoms with Crippen LogP contribution in [0.4, 0.5) is 4.79 Å². The molecule has 0 aliphatic carbocycles. The maximum absolute atomic E-state index is 13.4. The normalized spacial score (nSPS) is 12.9. The molecule has 184 valence electrons. The van der Waals surface area contributed by atoms with Gasteiger partial charge in [0.1, 0.15) is 17.7 Å². The number of alkyl carbamates (subject to hydrolysis) is 1. The van der Waals surface area contributed by atoms with Crippen LogP contribution < -0.4 is 10.6 Å². The number of nitrogens with one attached hydrogen (secondary N) is 2. The Morgan fingerprint density at radius 2 is 1.73 bits per heavy atom. The fourth-order valence-corrected chi connectivity index (χ4v) is 3.58. The van der Waals surface area contributed by atoms with E-state index in [1.807, 2.05) is 32.0 Å². The minimum atomic E-state index is -0.888. The Morgan fingerprint density at radius 1 is 1.12 bits per heavy atom. The Labute approximate surface area is 198 Å². The number of benzene rings is 1. The van der Waals surface area contributed by atoms with Crippen LogP contribution >= 0.6 is 0 Å². The van der Waals surface area contributed by atoms with Gasteiger partial charge in [-0.3, -0.25) is 9.59 Å². The van der Waals surface area contributed by atoms with Gasteiger partial charge in [-0.2, -0.15) is 0 Å². The number of hydrogen-bond donors (Lipinski definition) is 2. The summed E-state index contributed by atoms with van der Waals surface area (Å²) in [4.78, 5) is 40.4. The first-order chi connectivity index (χ1) is 15.4. The highest BCUT2D eigenvalue weighted by Crippen LogP contribution is 2.25. The predicted molar refractivity (Wildman–Crippen MR) is 132 cm³/mol. The van der Waals surface area contributed by atoms with E-state index in [0.717, 1.165) is 36.0 Å². The van der Waals surface area contributed by atoms with E-state index >= 15 is 0 Å². The summed E-state index contributed by atoms with van der Waals surface area (Å²) in [7, 11) is 0. The highest BCUT2D eigenvalue weighted by molar-refractivity contribution is 5.92. The molecular formula is C26H41N3O4. The monoisotopic (exact) mass is 459 g/mol. The molecule has 0 aliphatic heterocycles. The van der Waals surface area contributed by atoms with Crippen LogP contribution in [-0.4, -0.2) is 47.5 Å². The second-order valence-corrected chi connectivity index (χ2v) is 9.47. The minimum absolute atomic E-state index is 0.152. The van der Waals surface area contributed by atoms with E-state index in [0.29, 0.717) is 6.54 Å². The Hall–Kier alpha value is -2.83. The zero-order valence-corrected chi connectivity index (χ0v) is 21.3. The highest BCUT2D eigenvalue weighted by Gasteiger charge is 2.34. The van der Waals surface area contributed by atoms with Gasteiger partial charge in [0.05, 0.1) is 0 Å². The van der Waals surface area contributed by atoms with E-state index in [4.69, 9.17) is 4.74 Å². The number of carbonyl (C=O) groups excluding carboxylic acids is 3. The van der Waals surface area contributed by atoms with Crippen LogP contribution in [0.2, 0.25) is 0 Å². The van der Waals surface area contributed by atoms with Gasteiger partial charge in [0.25, 0.3) is 0 Å². The molecule has 0 saturated heterocycles. The van der Waals surface area contributed by atoms with Gasteiger partial charge in [-0.15, -0.1) is 6.58 Å². The van der Waals surface area contributed by atoms with Crippen LogP contribution in [0.5, 0.6) is 0 Å². The van der Waals surface area contributed by atoms with Gasteiger partial charge in [-0.1, -0.05) is 55.2 Å². The molecule has 0 heterocycles. The fraction of sp³-hybridized carbons (Fsp3) is 0.577. The van der Waals surface area contributed by atoms with Crippen molar-refractivity contribution >= 4 is 17.9 Å². The molecule has 3 amide bonds. The number of unbranched alkanes of at least 4 members (excludes halogenated alkanes) is 2. The summed E-state index contributed by atoms with van der Waals surface area (Å²) in [6.45, 7) is 17.3. The second-order valence-electron chi connectivity index (χ2n) is 9.47. The maximum Gasteiger partial charge on any atom is 0.408 e. The molecule has 0 saturated carbocycles. The Kier molecular flexibility index (Phi) is 11.1. The fourth-order valence-electron chi connectivity index (χ4n) is 3.58. The molecule has 0 radical (unpaired) electrons. The SMILES string of the molecule is C=CCN(C(=O)C(C)NC(=O)OC(C)(C)C)C(C(=O)NCCCCC)c1cc(C)cc(C)c1. The molecule has 0 spiro atoms. The van der Waals surface area contributed by atoms with Gasteiger partial charge < -0.3 is 20.3 Å². The standard InChI is InChI=1S/C26H41N3O4/c1-9-11-12-13-27-23(30)22(21-16-18(3)15-19(4)17-21)29(14-10-2)24(31)20(5)28-25(32)33-26(6,7)8/h10,15-17,20,22H,2,9,11-14H2,1,3-8H3,(H,27,30)(H,28,32). The average molecular weight is 460 g/mol. The molecule has 33 heavy (non-hydrogen) atoms. The predicted octanol–water partition coefficient (Wildman–Crippen LogP) is 4.58. The first-order valence-corrected chi connectivity index (χ1v) is 11.7. The quantitative estimate of drug-likeness (QED) is 0.375. The number of aryl methyl sites for hydroxylation is 2. The number of amides is 3. The number of nitrogens with zero attached hydrogens (tertiary/aromatic N) is 1. The van der Waals surface area contributed by atoms with Crippen LogP contribution in [0, 0.1) is 13.8 Å². The molecule has 1 rings (SSSR count). The molecule has 2 N–H and O–H groups in total. The van der Waals surface area contributed by atoms with Crippen molar-refractivity contribution in [3.63, 3.8) is 0 Å². The third-order valence-corrected chi connectivity index (χ3v) is 4.91. The van der Waals surface area contributed by atoms with E-state index in [-0.39, 0.29) is 12.5 Å². The lowest BCUT2D eigenvalue weighted by molar-refractivity contribution is -0.141. The topological polar surface area (TPSA) is 87.7 Å². The summed E-state index contributed by atoms with van der Waals surface area (Å²) in [5.74, 6) is -0.649. The van der Waals surface area contributed by atoms with Gasteiger partial charge in [0.15, 0.2) is 0 Å². The van der Waals surface area contributed by atoms with Crippen molar-refractivity contribution < 1.29 is 19.1 Å².